The Bertz CT molecular complexity index is 311. The van der Waals surface area contributed by atoms with Gasteiger partial charge in [0.1, 0.15) is 5.60 Å². The first-order chi connectivity index (χ1) is 7.82. The fraction of sp³-hybridized carbons (Fsp3) is 0.923. The van der Waals surface area contributed by atoms with E-state index < -0.39 is 5.60 Å². The molecule has 0 bridgehead atoms. The number of likely N-dealkylation sites (tertiary alicyclic amines) is 1. The van der Waals surface area contributed by atoms with Crippen LogP contribution in [-0.4, -0.2) is 35.7 Å². The van der Waals surface area contributed by atoms with Gasteiger partial charge in [-0.15, -0.1) is 0 Å². The Morgan fingerprint density at radius 3 is 2.59 bits per heavy atom. The number of piperidine rings is 1. The lowest BCUT2D eigenvalue weighted by molar-refractivity contribution is -0.0254. The lowest BCUT2D eigenvalue weighted by Gasteiger charge is -2.53. The molecule has 0 aromatic rings. The predicted molar refractivity (Wildman–Crippen MR) is 66.7 cm³/mol. The van der Waals surface area contributed by atoms with Gasteiger partial charge >= 0.3 is 6.09 Å². The summed E-state index contributed by atoms with van der Waals surface area (Å²) in [6.45, 7) is 7.30. The number of hydrogen-bond acceptors (Lipinski definition) is 3. The molecule has 2 rings (SSSR count). The Hall–Kier alpha value is -0.770. The monoisotopic (exact) mass is 240 g/mol. The molecule has 1 saturated heterocycles. The standard InChI is InChI=1S/C13H24N2O2/c1-12(2,3)17-11(16)15-8-4-6-13(9-15)7-5-10(13)14/h10H,4-9,14H2,1-3H3/t10-,13-/m1/s1. The number of nitrogens with zero attached hydrogens (tertiary/aromatic N) is 1. The highest BCUT2D eigenvalue weighted by molar-refractivity contribution is 5.68. The van der Waals surface area contributed by atoms with Crippen molar-refractivity contribution in [1.82, 2.24) is 4.90 Å². The van der Waals surface area contributed by atoms with Crippen molar-refractivity contribution in [3.05, 3.63) is 0 Å². The van der Waals surface area contributed by atoms with Crippen molar-refractivity contribution < 1.29 is 9.53 Å². The number of carbonyl (C=O) groups is 1. The van der Waals surface area contributed by atoms with Crippen LogP contribution in [0.25, 0.3) is 0 Å². The highest BCUT2D eigenvalue weighted by Gasteiger charge is 2.48. The summed E-state index contributed by atoms with van der Waals surface area (Å²) in [5, 5.41) is 0. The normalized spacial score (nSPS) is 33.4. The van der Waals surface area contributed by atoms with Gasteiger partial charge in [0, 0.05) is 24.5 Å². The number of rotatable bonds is 0. The van der Waals surface area contributed by atoms with Crippen molar-refractivity contribution in [1.29, 1.82) is 0 Å². The Kier molecular flexibility index (Phi) is 3.10. The van der Waals surface area contributed by atoms with Crippen LogP contribution in [0.5, 0.6) is 0 Å². The summed E-state index contributed by atoms with van der Waals surface area (Å²) >= 11 is 0. The number of hydrogen-bond donors (Lipinski definition) is 1. The van der Waals surface area contributed by atoms with Gasteiger partial charge in [-0.1, -0.05) is 0 Å². The fourth-order valence-electron chi connectivity index (χ4n) is 2.87. The third-order valence-corrected chi connectivity index (χ3v) is 4.00. The van der Waals surface area contributed by atoms with E-state index >= 15 is 0 Å². The average molecular weight is 240 g/mol. The Labute approximate surface area is 103 Å². The van der Waals surface area contributed by atoms with Gasteiger partial charge in [0.2, 0.25) is 0 Å². The molecule has 2 N–H and O–H groups in total. The van der Waals surface area contributed by atoms with Crippen LogP contribution in [0.3, 0.4) is 0 Å². The Morgan fingerprint density at radius 1 is 1.41 bits per heavy atom. The van der Waals surface area contributed by atoms with Gasteiger partial charge < -0.3 is 15.4 Å². The molecule has 1 spiro atoms. The molecule has 1 amide bonds. The topological polar surface area (TPSA) is 55.6 Å². The molecule has 0 aromatic heterocycles. The van der Waals surface area contributed by atoms with E-state index in [1.54, 1.807) is 0 Å². The first kappa shape index (κ1) is 12.7. The molecule has 1 saturated carbocycles. The smallest absolute Gasteiger partial charge is 0.410 e. The zero-order valence-corrected chi connectivity index (χ0v) is 11.2. The molecule has 1 aliphatic heterocycles. The van der Waals surface area contributed by atoms with Crippen LogP contribution in [0.2, 0.25) is 0 Å². The summed E-state index contributed by atoms with van der Waals surface area (Å²) in [7, 11) is 0. The Balaban J connectivity index is 1.96. The minimum absolute atomic E-state index is 0.185. The summed E-state index contributed by atoms with van der Waals surface area (Å²) in [6, 6.07) is 0.271. The molecular weight excluding hydrogens is 216 g/mol. The molecule has 1 aliphatic carbocycles. The van der Waals surface area contributed by atoms with Crippen molar-refractivity contribution >= 4 is 6.09 Å². The van der Waals surface area contributed by atoms with Gasteiger partial charge in [-0.05, 0) is 46.5 Å². The lowest BCUT2D eigenvalue weighted by Crippen LogP contribution is -2.60. The second kappa shape index (κ2) is 4.16. The predicted octanol–water partition coefficient (Wildman–Crippen LogP) is 2.12. The van der Waals surface area contributed by atoms with Crippen molar-refractivity contribution in [3.8, 4) is 0 Å². The molecule has 98 valence electrons. The Morgan fingerprint density at radius 2 is 2.12 bits per heavy atom. The minimum Gasteiger partial charge on any atom is -0.444 e. The van der Waals surface area contributed by atoms with Crippen LogP contribution < -0.4 is 5.73 Å². The highest BCUT2D eigenvalue weighted by atomic mass is 16.6. The third kappa shape index (κ3) is 2.57. The van der Waals surface area contributed by atoms with Gasteiger partial charge in [0.05, 0.1) is 0 Å². The number of amides is 1. The molecule has 0 radical (unpaired) electrons. The zero-order valence-electron chi connectivity index (χ0n) is 11.2. The number of ether oxygens (including phenoxy) is 1. The summed E-state index contributed by atoms with van der Waals surface area (Å²) < 4.78 is 5.42. The molecule has 2 atom stereocenters. The third-order valence-electron chi connectivity index (χ3n) is 4.00. The van der Waals surface area contributed by atoms with Crippen LogP contribution >= 0.6 is 0 Å². The van der Waals surface area contributed by atoms with E-state index in [-0.39, 0.29) is 17.6 Å². The van der Waals surface area contributed by atoms with Crippen LogP contribution in [0.15, 0.2) is 0 Å². The van der Waals surface area contributed by atoms with Crippen molar-refractivity contribution in [2.24, 2.45) is 11.1 Å². The minimum atomic E-state index is -0.413. The SMILES string of the molecule is CC(C)(C)OC(=O)N1CCC[C@@]2(CC[C@H]2N)C1. The van der Waals surface area contributed by atoms with Gasteiger partial charge in [0.25, 0.3) is 0 Å². The van der Waals surface area contributed by atoms with E-state index in [0.29, 0.717) is 0 Å². The maximum absolute atomic E-state index is 12.0. The average Bonchev–Trinajstić information content (AvgIpc) is 2.25. The fourth-order valence-corrected chi connectivity index (χ4v) is 2.87. The van der Waals surface area contributed by atoms with E-state index in [0.717, 1.165) is 38.8 Å². The largest absolute Gasteiger partial charge is 0.444 e. The molecule has 0 unspecified atom stereocenters. The van der Waals surface area contributed by atoms with Crippen LogP contribution in [0, 0.1) is 5.41 Å². The molecule has 2 fully saturated rings. The first-order valence-corrected chi connectivity index (χ1v) is 6.56. The molecule has 2 aliphatic rings. The molecular formula is C13H24N2O2. The van der Waals surface area contributed by atoms with Crippen LogP contribution in [0.1, 0.15) is 46.5 Å². The summed E-state index contributed by atoms with van der Waals surface area (Å²) in [4.78, 5) is 13.9. The van der Waals surface area contributed by atoms with Crippen LogP contribution in [-0.2, 0) is 4.74 Å². The second-order valence-corrected chi connectivity index (χ2v) is 6.51. The molecule has 17 heavy (non-hydrogen) atoms. The molecule has 4 nitrogen and oxygen atoms in total. The lowest BCUT2D eigenvalue weighted by atomic mass is 9.61. The van der Waals surface area contributed by atoms with Gasteiger partial charge in [-0.25, -0.2) is 4.79 Å². The summed E-state index contributed by atoms with van der Waals surface area (Å²) in [6.07, 6.45) is 4.28. The van der Waals surface area contributed by atoms with Crippen molar-refractivity contribution in [2.75, 3.05) is 13.1 Å². The summed E-state index contributed by atoms with van der Waals surface area (Å²) in [5.74, 6) is 0. The van der Waals surface area contributed by atoms with E-state index in [2.05, 4.69) is 0 Å². The van der Waals surface area contributed by atoms with Gasteiger partial charge in [-0.2, -0.15) is 0 Å². The van der Waals surface area contributed by atoms with Crippen molar-refractivity contribution in [2.45, 2.75) is 58.1 Å². The highest BCUT2D eigenvalue weighted by Crippen LogP contribution is 2.46. The maximum Gasteiger partial charge on any atom is 0.410 e. The van der Waals surface area contributed by atoms with E-state index in [1.807, 2.05) is 25.7 Å². The summed E-state index contributed by atoms with van der Waals surface area (Å²) in [5.41, 5.74) is 5.88. The quantitative estimate of drug-likeness (QED) is 0.705. The number of carbonyl (C=O) groups excluding carboxylic acids is 1. The van der Waals surface area contributed by atoms with E-state index in [9.17, 15) is 4.79 Å². The van der Waals surface area contributed by atoms with Gasteiger partial charge in [-0.3, -0.25) is 0 Å². The first-order valence-electron chi connectivity index (χ1n) is 6.56. The van der Waals surface area contributed by atoms with Gasteiger partial charge in [0.15, 0.2) is 0 Å². The molecule has 1 heterocycles. The molecule has 4 heteroatoms. The van der Waals surface area contributed by atoms with E-state index in [4.69, 9.17) is 10.5 Å². The second-order valence-electron chi connectivity index (χ2n) is 6.51. The molecule has 0 aromatic carbocycles. The van der Waals surface area contributed by atoms with Crippen molar-refractivity contribution in [3.63, 3.8) is 0 Å². The number of nitrogens with two attached hydrogens (primary N) is 1. The zero-order chi connectivity index (χ0) is 12.7. The van der Waals surface area contributed by atoms with Crippen LogP contribution in [0.4, 0.5) is 4.79 Å². The maximum atomic E-state index is 12.0. The van der Waals surface area contributed by atoms with E-state index in [1.165, 1.54) is 0 Å².